The number of hydrogen-bond donors (Lipinski definition) is 1. The van der Waals surface area contributed by atoms with Gasteiger partial charge in [0, 0.05) is 17.7 Å². The van der Waals surface area contributed by atoms with Crippen LogP contribution in [0.1, 0.15) is 22.8 Å². The Hall–Kier alpha value is -5.25. The lowest BCUT2D eigenvalue weighted by atomic mass is 10.0. The van der Waals surface area contributed by atoms with Crippen molar-refractivity contribution in [1.82, 2.24) is 5.43 Å². The van der Waals surface area contributed by atoms with Crippen molar-refractivity contribution in [2.75, 3.05) is 7.11 Å². The number of nitro groups is 1. The average molecular weight is 514 g/mol. The Kier molecular flexibility index (Phi) is 7.92. The number of non-ortho nitro benzene ring substituents is 1. The van der Waals surface area contributed by atoms with Gasteiger partial charge in [-0.3, -0.25) is 14.9 Å². The fraction of sp³-hybridized carbons (Fsp3) is 0.107. The van der Waals surface area contributed by atoms with Crippen molar-refractivity contribution in [3.63, 3.8) is 0 Å². The number of benzene rings is 4. The first-order chi connectivity index (χ1) is 18.4. The minimum absolute atomic E-state index is 0.0855. The number of hydrogen-bond acceptors (Lipinski definition) is 8. The second kappa shape index (κ2) is 11.7. The van der Waals surface area contributed by atoms with Crippen LogP contribution in [0.2, 0.25) is 0 Å². The number of amides is 1. The van der Waals surface area contributed by atoms with E-state index in [1.165, 1.54) is 44.5 Å². The maximum atomic E-state index is 12.8. The van der Waals surface area contributed by atoms with Crippen molar-refractivity contribution in [2.45, 2.75) is 13.0 Å². The van der Waals surface area contributed by atoms with Crippen molar-refractivity contribution in [2.24, 2.45) is 5.10 Å². The minimum Gasteiger partial charge on any atom is -0.497 e. The van der Waals surface area contributed by atoms with Gasteiger partial charge in [-0.25, -0.2) is 10.2 Å². The highest BCUT2D eigenvalue weighted by Gasteiger charge is 2.16. The van der Waals surface area contributed by atoms with Crippen LogP contribution in [0, 0.1) is 10.1 Å². The van der Waals surface area contributed by atoms with E-state index in [-0.39, 0.29) is 11.4 Å². The number of rotatable bonds is 9. The molecule has 1 unspecified atom stereocenters. The third kappa shape index (κ3) is 6.11. The SMILES string of the molecule is COc1ccc(C(=O)Oc2ccc3ccccc3c2/C=N/NC(=O)C(C)Oc2ccc([N+](=O)[O-])cc2)cc1. The van der Waals surface area contributed by atoms with Crippen LogP contribution in [0.15, 0.2) is 90.0 Å². The standard InChI is InChI=1S/C28H23N3O7/c1-18(37-23-14-10-21(11-15-23)31(34)35)27(32)30-29-17-25-24-6-4-3-5-19(24)9-16-26(25)38-28(33)20-7-12-22(36-2)13-8-20/h3-18H,1-2H3,(H,30,32)/b29-17+. The molecule has 0 saturated heterocycles. The molecular formula is C28H23N3O7. The molecule has 0 aliphatic rings. The third-order valence-electron chi connectivity index (χ3n) is 5.56. The number of fused-ring (bicyclic) bond motifs is 1. The molecule has 0 bridgehead atoms. The molecule has 4 aromatic carbocycles. The van der Waals surface area contributed by atoms with E-state index in [2.05, 4.69) is 10.5 Å². The van der Waals surface area contributed by atoms with Gasteiger partial charge in [-0.05, 0) is 60.2 Å². The monoisotopic (exact) mass is 513 g/mol. The van der Waals surface area contributed by atoms with Gasteiger partial charge in [0.1, 0.15) is 17.2 Å². The molecule has 0 fully saturated rings. The molecule has 4 rings (SSSR count). The van der Waals surface area contributed by atoms with Gasteiger partial charge in [-0.15, -0.1) is 0 Å². The fourth-order valence-corrected chi connectivity index (χ4v) is 3.54. The zero-order valence-corrected chi connectivity index (χ0v) is 20.5. The molecule has 192 valence electrons. The summed E-state index contributed by atoms with van der Waals surface area (Å²) in [6, 6.07) is 22.9. The Bertz CT molecular complexity index is 1500. The molecule has 1 N–H and O–H groups in total. The van der Waals surface area contributed by atoms with Crippen molar-refractivity contribution >= 4 is 34.6 Å². The van der Waals surface area contributed by atoms with Gasteiger partial charge >= 0.3 is 5.97 Å². The summed E-state index contributed by atoms with van der Waals surface area (Å²) in [6.45, 7) is 1.52. The Labute approximate surface area is 217 Å². The Balaban J connectivity index is 1.49. The Morgan fingerprint density at radius 1 is 0.947 bits per heavy atom. The van der Waals surface area contributed by atoms with Gasteiger partial charge < -0.3 is 14.2 Å². The van der Waals surface area contributed by atoms with E-state index in [9.17, 15) is 19.7 Å². The zero-order valence-electron chi connectivity index (χ0n) is 20.5. The van der Waals surface area contributed by atoms with E-state index in [1.807, 2.05) is 30.3 Å². The first kappa shape index (κ1) is 25.8. The highest BCUT2D eigenvalue weighted by Crippen LogP contribution is 2.28. The topological polar surface area (TPSA) is 129 Å². The number of methoxy groups -OCH3 is 1. The third-order valence-corrected chi connectivity index (χ3v) is 5.56. The lowest BCUT2D eigenvalue weighted by Gasteiger charge is -2.13. The minimum atomic E-state index is -0.937. The van der Waals surface area contributed by atoms with Crippen LogP contribution in [0.3, 0.4) is 0 Å². The molecule has 0 spiro atoms. The van der Waals surface area contributed by atoms with E-state index >= 15 is 0 Å². The molecular weight excluding hydrogens is 490 g/mol. The van der Waals surface area contributed by atoms with Crippen LogP contribution in [-0.2, 0) is 4.79 Å². The number of esters is 1. The van der Waals surface area contributed by atoms with Crippen LogP contribution in [-0.4, -0.2) is 36.2 Å². The van der Waals surface area contributed by atoms with Crippen molar-refractivity contribution in [1.29, 1.82) is 0 Å². The molecule has 0 saturated carbocycles. The normalized spacial score (nSPS) is 11.6. The van der Waals surface area contributed by atoms with Gasteiger partial charge in [0.15, 0.2) is 6.10 Å². The van der Waals surface area contributed by atoms with Gasteiger partial charge in [0.05, 0.1) is 23.8 Å². The number of nitro benzene ring substituents is 1. The van der Waals surface area contributed by atoms with Gasteiger partial charge in [0.2, 0.25) is 0 Å². The molecule has 1 atom stereocenters. The van der Waals surface area contributed by atoms with E-state index in [0.717, 1.165) is 10.8 Å². The van der Waals surface area contributed by atoms with E-state index in [0.29, 0.717) is 22.6 Å². The molecule has 10 heteroatoms. The first-order valence-corrected chi connectivity index (χ1v) is 11.5. The lowest BCUT2D eigenvalue weighted by molar-refractivity contribution is -0.384. The highest BCUT2D eigenvalue weighted by molar-refractivity contribution is 6.04. The molecule has 4 aromatic rings. The number of ether oxygens (including phenoxy) is 3. The summed E-state index contributed by atoms with van der Waals surface area (Å²) >= 11 is 0. The largest absolute Gasteiger partial charge is 0.497 e. The molecule has 1 amide bonds. The molecule has 0 aliphatic heterocycles. The second-order valence-electron chi connectivity index (χ2n) is 8.06. The van der Waals surface area contributed by atoms with Crippen LogP contribution < -0.4 is 19.6 Å². The zero-order chi connectivity index (χ0) is 27.1. The summed E-state index contributed by atoms with van der Waals surface area (Å²) in [6.07, 6.45) is 0.462. The summed E-state index contributed by atoms with van der Waals surface area (Å²) in [7, 11) is 1.54. The van der Waals surface area contributed by atoms with Crippen LogP contribution in [0.4, 0.5) is 5.69 Å². The quantitative estimate of drug-likeness (QED) is 0.111. The van der Waals surface area contributed by atoms with Crippen LogP contribution >= 0.6 is 0 Å². The average Bonchev–Trinajstić information content (AvgIpc) is 2.94. The predicted octanol–water partition coefficient (Wildman–Crippen LogP) is 4.89. The van der Waals surface area contributed by atoms with Crippen LogP contribution in [0.5, 0.6) is 17.2 Å². The molecule has 10 nitrogen and oxygen atoms in total. The maximum absolute atomic E-state index is 12.8. The van der Waals surface area contributed by atoms with Crippen molar-refractivity contribution in [3.05, 3.63) is 106 Å². The van der Waals surface area contributed by atoms with Crippen LogP contribution in [0.25, 0.3) is 10.8 Å². The Morgan fingerprint density at radius 2 is 1.63 bits per heavy atom. The summed E-state index contributed by atoms with van der Waals surface area (Å²) < 4.78 is 16.3. The predicted molar refractivity (Wildman–Crippen MR) is 141 cm³/mol. The summed E-state index contributed by atoms with van der Waals surface area (Å²) in [5.41, 5.74) is 3.16. The lowest BCUT2D eigenvalue weighted by Crippen LogP contribution is -2.33. The van der Waals surface area contributed by atoms with Gasteiger partial charge in [-0.2, -0.15) is 5.10 Å². The van der Waals surface area contributed by atoms with Gasteiger partial charge in [0.25, 0.3) is 11.6 Å². The Morgan fingerprint density at radius 3 is 2.32 bits per heavy atom. The highest BCUT2D eigenvalue weighted by atomic mass is 16.6. The fourth-order valence-electron chi connectivity index (χ4n) is 3.54. The number of carbonyl (C=O) groups is 2. The molecule has 38 heavy (non-hydrogen) atoms. The summed E-state index contributed by atoms with van der Waals surface area (Å²) in [5, 5.41) is 16.5. The number of hydrazone groups is 1. The number of nitrogens with one attached hydrogen (secondary N) is 1. The van der Waals surface area contributed by atoms with Crippen molar-refractivity contribution in [3.8, 4) is 17.2 Å². The van der Waals surface area contributed by atoms with E-state index in [1.54, 1.807) is 30.3 Å². The van der Waals surface area contributed by atoms with Crippen molar-refractivity contribution < 1.29 is 28.7 Å². The molecule has 0 aliphatic carbocycles. The number of carbonyl (C=O) groups excluding carboxylic acids is 2. The summed E-state index contributed by atoms with van der Waals surface area (Å²) in [4.78, 5) is 35.6. The maximum Gasteiger partial charge on any atom is 0.343 e. The molecule has 0 radical (unpaired) electrons. The van der Waals surface area contributed by atoms with E-state index in [4.69, 9.17) is 14.2 Å². The smallest absolute Gasteiger partial charge is 0.343 e. The van der Waals surface area contributed by atoms with E-state index < -0.39 is 22.9 Å². The summed E-state index contributed by atoms with van der Waals surface area (Å²) in [5.74, 6) is 0.0627. The molecule has 0 heterocycles. The molecule has 0 aromatic heterocycles. The number of nitrogens with zero attached hydrogens (tertiary/aromatic N) is 2. The van der Waals surface area contributed by atoms with Gasteiger partial charge in [-0.1, -0.05) is 30.3 Å². The second-order valence-corrected chi connectivity index (χ2v) is 8.06. The first-order valence-electron chi connectivity index (χ1n) is 11.5.